The third-order valence-electron chi connectivity index (χ3n) is 4.58. The maximum Gasteiger partial charge on any atom is 0.255 e. The van der Waals surface area contributed by atoms with E-state index < -0.39 is 0 Å². The predicted octanol–water partition coefficient (Wildman–Crippen LogP) is 4.04. The van der Waals surface area contributed by atoms with Gasteiger partial charge in [-0.3, -0.25) is 9.59 Å². The number of amides is 2. The van der Waals surface area contributed by atoms with Crippen LogP contribution in [0.5, 0.6) is 11.5 Å². The molecule has 0 radical (unpaired) electrons. The standard InChI is InChI=1S/C22H26N2O4/c1-4-12-28-20-9-6-17(14-21(20)27-5-2)22(26)23-18-7-8-19-16(13-18)10-11-24(19)15(3)25/h6-9,13-14H,4-5,10-12H2,1-3H3,(H,23,26). The van der Waals surface area contributed by atoms with Crippen LogP contribution in [0.3, 0.4) is 0 Å². The molecular weight excluding hydrogens is 356 g/mol. The van der Waals surface area contributed by atoms with Gasteiger partial charge in [0.15, 0.2) is 11.5 Å². The van der Waals surface area contributed by atoms with Gasteiger partial charge in [-0.05, 0) is 61.7 Å². The van der Waals surface area contributed by atoms with Gasteiger partial charge < -0.3 is 19.7 Å². The molecule has 1 aliphatic heterocycles. The normalized spacial score (nSPS) is 12.5. The minimum absolute atomic E-state index is 0.0318. The van der Waals surface area contributed by atoms with Crippen molar-refractivity contribution in [2.24, 2.45) is 0 Å². The van der Waals surface area contributed by atoms with Crippen molar-refractivity contribution in [3.8, 4) is 11.5 Å². The molecule has 2 aromatic rings. The van der Waals surface area contributed by atoms with E-state index in [9.17, 15) is 9.59 Å². The molecule has 28 heavy (non-hydrogen) atoms. The van der Waals surface area contributed by atoms with Gasteiger partial charge in [-0.2, -0.15) is 0 Å². The first-order valence-electron chi connectivity index (χ1n) is 9.65. The largest absolute Gasteiger partial charge is 0.490 e. The molecule has 6 heteroatoms. The molecule has 0 aliphatic carbocycles. The summed E-state index contributed by atoms with van der Waals surface area (Å²) in [5.74, 6) is 1.02. The summed E-state index contributed by atoms with van der Waals surface area (Å²) in [5.41, 5.74) is 3.18. The molecule has 0 fully saturated rings. The summed E-state index contributed by atoms with van der Waals surface area (Å²) in [4.78, 5) is 26.1. The Balaban J connectivity index is 1.76. The van der Waals surface area contributed by atoms with E-state index in [0.717, 1.165) is 24.1 Å². The molecule has 1 aliphatic rings. The SMILES string of the molecule is CCCOc1ccc(C(=O)Nc2ccc3c(c2)CCN3C(C)=O)cc1OCC. The summed E-state index contributed by atoms with van der Waals surface area (Å²) < 4.78 is 11.3. The van der Waals surface area contributed by atoms with Gasteiger partial charge in [0.2, 0.25) is 5.91 Å². The number of carbonyl (C=O) groups is 2. The zero-order valence-electron chi connectivity index (χ0n) is 16.6. The van der Waals surface area contributed by atoms with E-state index in [1.807, 2.05) is 32.0 Å². The number of nitrogens with one attached hydrogen (secondary N) is 1. The van der Waals surface area contributed by atoms with Crippen LogP contribution in [-0.2, 0) is 11.2 Å². The molecule has 2 aromatic carbocycles. The van der Waals surface area contributed by atoms with Gasteiger partial charge in [0, 0.05) is 30.4 Å². The topological polar surface area (TPSA) is 67.9 Å². The summed E-state index contributed by atoms with van der Waals surface area (Å²) in [7, 11) is 0. The molecule has 148 valence electrons. The average Bonchev–Trinajstić information content (AvgIpc) is 3.10. The third-order valence-corrected chi connectivity index (χ3v) is 4.58. The van der Waals surface area contributed by atoms with E-state index in [4.69, 9.17) is 9.47 Å². The highest BCUT2D eigenvalue weighted by Gasteiger charge is 2.22. The van der Waals surface area contributed by atoms with E-state index in [-0.39, 0.29) is 11.8 Å². The van der Waals surface area contributed by atoms with Gasteiger partial charge in [0.1, 0.15) is 0 Å². The second-order valence-electron chi connectivity index (χ2n) is 6.66. The van der Waals surface area contributed by atoms with Gasteiger partial charge in [0.25, 0.3) is 5.91 Å². The minimum atomic E-state index is -0.218. The van der Waals surface area contributed by atoms with Crippen LogP contribution >= 0.6 is 0 Å². The van der Waals surface area contributed by atoms with Crippen LogP contribution in [0.25, 0.3) is 0 Å². The van der Waals surface area contributed by atoms with E-state index in [0.29, 0.717) is 42.5 Å². The fourth-order valence-electron chi connectivity index (χ4n) is 3.26. The highest BCUT2D eigenvalue weighted by Crippen LogP contribution is 2.32. The highest BCUT2D eigenvalue weighted by atomic mass is 16.5. The van der Waals surface area contributed by atoms with Gasteiger partial charge in [-0.25, -0.2) is 0 Å². The fraction of sp³-hybridized carbons (Fsp3) is 0.364. The monoisotopic (exact) mass is 382 g/mol. The Labute approximate surface area is 165 Å². The van der Waals surface area contributed by atoms with Crippen LogP contribution in [-0.4, -0.2) is 31.6 Å². The summed E-state index contributed by atoms with van der Waals surface area (Å²) in [6, 6.07) is 10.8. The lowest BCUT2D eigenvalue weighted by molar-refractivity contribution is -0.116. The van der Waals surface area contributed by atoms with Crippen LogP contribution < -0.4 is 19.7 Å². The molecule has 2 amide bonds. The van der Waals surface area contributed by atoms with Crippen molar-refractivity contribution < 1.29 is 19.1 Å². The van der Waals surface area contributed by atoms with Crippen molar-refractivity contribution in [2.45, 2.75) is 33.6 Å². The number of anilines is 2. The average molecular weight is 382 g/mol. The Bertz CT molecular complexity index is 879. The van der Waals surface area contributed by atoms with Crippen molar-refractivity contribution in [1.82, 2.24) is 0 Å². The number of hydrogen-bond donors (Lipinski definition) is 1. The molecule has 0 spiro atoms. The summed E-state index contributed by atoms with van der Waals surface area (Å²) >= 11 is 0. The van der Waals surface area contributed by atoms with Crippen molar-refractivity contribution in [2.75, 3.05) is 30.0 Å². The molecule has 0 saturated carbocycles. The molecule has 0 aromatic heterocycles. The summed E-state index contributed by atoms with van der Waals surface area (Å²) in [5, 5.41) is 2.93. The van der Waals surface area contributed by atoms with Crippen LogP contribution in [0.15, 0.2) is 36.4 Å². The number of carbonyl (C=O) groups excluding carboxylic acids is 2. The Morgan fingerprint density at radius 3 is 2.61 bits per heavy atom. The smallest absolute Gasteiger partial charge is 0.255 e. The molecular formula is C22H26N2O4. The second kappa shape index (κ2) is 8.78. The van der Waals surface area contributed by atoms with Gasteiger partial charge >= 0.3 is 0 Å². The van der Waals surface area contributed by atoms with Crippen LogP contribution in [0, 0.1) is 0 Å². The number of nitrogens with zero attached hydrogens (tertiary/aromatic N) is 1. The Morgan fingerprint density at radius 2 is 1.89 bits per heavy atom. The van der Waals surface area contributed by atoms with Crippen LogP contribution in [0.2, 0.25) is 0 Å². The number of fused-ring (bicyclic) bond motifs is 1. The zero-order valence-corrected chi connectivity index (χ0v) is 16.6. The number of rotatable bonds is 7. The Kier molecular flexibility index (Phi) is 6.19. The molecule has 0 bridgehead atoms. The van der Waals surface area contributed by atoms with E-state index in [2.05, 4.69) is 5.32 Å². The van der Waals surface area contributed by atoms with Crippen molar-refractivity contribution in [3.63, 3.8) is 0 Å². The number of benzene rings is 2. The molecule has 0 saturated heterocycles. The first-order valence-corrected chi connectivity index (χ1v) is 9.65. The molecule has 0 unspecified atom stereocenters. The zero-order chi connectivity index (χ0) is 20.1. The molecule has 6 nitrogen and oxygen atoms in total. The van der Waals surface area contributed by atoms with Crippen molar-refractivity contribution >= 4 is 23.2 Å². The van der Waals surface area contributed by atoms with Gasteiger partial charge in [0.05, 0.1) is 13.2 Å². The maximum absolute atomic E-state index is 12.7. The number of ether oxygens (including phenoxy) is 2. The summed E-state index contributed by atoms with van der Waals surface area (Å²) in [6.07, 6.45) is 1.68. The molecule has 1 N–H and O–H groups in total. The lowest BCUT2D eigenvalue weighted by Crippen LogP contribution is -2.25. The van der Waals surface area contributed by atoms with Crippen molar-refractivity contribution in [1.29, 1.82) is 0 Å². The van der Waals surface area contributed by atoms with Gasteiger partial charge in [-0.15, -0.1) is 0 Å². The maximum atomic E-state index is 12.7. The van der Waals surface area contributed by atoms with E-state index >= 15 is 0 Å². The molecule has 1 heterocycles. The quantitative estimate of drug-likeness (QED) is 0.785. The van der Waals surface area contributed by atoms with Crippen molar-refractivity contribution in [3.05, 3.63) is 47.5 Å². The predicted molar refractivity (Wildman–Crippen MR) is 110 cm³/mol. The fourth-order valence-corrected chi connectivity index (χ4v) is 3.26. The lowest BCUT2D eigenvalue weighted by atomic mass is 10.1. The van der Waals surface area contributed by atoms with Gasteiger partial charge in [-0.1, -0.05) is 6.92 Å². The minimum Gasteiger partial charge on any atom is -0.490 e. The first kappa shape index (κ1) is 19.7. The van der Waals surface area contributed by atoms with Crippen LogP contribution in [0.1, 0.15) is 43.1 Å². The summed E-state index contributed by atoms with van der Waals surface area (Å²) in [6.45, 7) is 7.26. The second-order valence-corrected chi connectivity index (χ2v) is 6.66. The first-order chi connectivity index (χ1) is 13.5. The van der Waals surface area contributed by atoms with E-state index in [1.165, 1.54) is 0 Å². The molecule has 0 atom stereocenters. The number of hydrogen-bond acceptors (Lipinski definition) is 4. The Morgan fingerprint density at radius 1 is 1.07 bits per heavy atom. The third kappa shape index (κ3) is 4.27. The highest BCUT2D eigenvalue weighted by molar-refractivity contribution is 6.05. The lowest BCUT2D eigenvalue weighted by Gasteiger charge is -2.15. The van der Waals surface area contributed by atoms with E-state index in [1.54, 1.807) is 30.0 Å². The molecule has 3 rings (SSSR count). The van der Waals surface area contributed by atoms with Crippen LogP contribution in [0.4, 0.5) is 11.4 Å². The Hall–Kier alpha value is -3.02.